The van der Waals surface area contributed by atoms with Crippen molar-refractivity contribution in [3.05, 3.63) is 35.9 Å². The van der Waals surface area contributed by atoms with Crippen LogP contribution in [-0.4, -0.2) is 25.5 Å². The lowest BCUT2D eigenvalue weighted by Gasteiger charge is -2.17. The maximum absolute atomic E-state index is 12.0. The molecule has 1 aromatic rings. The molecule has 1 atom stereocenters. The fourth-order valence-electron chi connectivity index (χ4n) is 1.89. The first-order valence-electron chi connectivity index (χ1n) is 6.45. The van der Waals surface area contributed by atoms with Crippen molar-refractivity contribution in [1.82, 2.24) is 5.32 Å². The number of rotatable bonds is 6. The maximum atomic E-state index is 12.0. The Kier molecular flexibility index (Phi) is 6.06. The van der Waals surface area contributed by atoms with Gasteiger partial charge in [0.05, 0.1) is 7.11 Å². The van der Waals surface area contributed by atoms with Crippen LogP contribution in [0.15, 0.2) is 30.3 Å². The summed E-state index contributed by atoms with van der Waals surface area (Å²) < 4.78 is 4.66. The fraction of sp³-hybridized carbons (Fsp3) is 0.467. The van der Waals surface area contributed by atoms with Crippen LogP contribution in [0.2, 0.25) is 0 Å². The van der Waals surface area contributed by atoms with Gasteiger partial charge in [0.1, 0.15) is 5.92 Å². The van der Waals surface area contributed by atoms with E-state index in [-0.39, 0.29) is 11.8 Å². The normalized spacial score (nSPS) is 12.0. The molecule has 1 amide bonds. The average molecular weight is 263 g/mol. The Hall–Kier alpha value is -1.84. The van der Waals surface area contributed by atoms with Gasteiger partial charge in [-0.15, -0.1) is 0 Å². The van der Waals surface area contributed by atoms with Crippen molar-refractivity contribution in [3.8, 4) is 0 Å². The SMILES string of the molecule is COC(=O)C(C(=O)NCCc1ccccc1)C(C)C. The van der Waals surface area contributed by atoms with E-state index in [0.29, 0.717) is 6.54 Å². The molecule has 4 nitrogen and oxygen atoms in total. The summed E-state index contributed by atoms with van der Waals surface area (Å²) in [6, 6.07) is 9.89. The number of carbonyl (C=O) groups excluding carboxylic acids is 2. The van der Waals surface area contributed by atoms with Gasteiger partial charge in [0, 0.05) is 6.54 Å². The number of nitrogens with one attached hydrogen (secondary N) is 1. The minimum absolute atomic E-state index is 0.0795. The molecule has 0 aliphatic heterocycles. The summed E-state index contributed by atoms with van der Waals surface area (Å²) in [5.74, 6) is -1.56. The molecule has 0 bridgehead atoms. The Morgan fingerprint density at radius 3 is 2.37 bits per heavy atom. The zero-order valence-electron chi connectivity index (χ0n) is 11.7. The average Bonchev–Trinajstić information content (AvgIpc) is 2.39. The van der Waals surface area contributed by atoms with Crippen LogP contribution in [0.5, 0.6) is 0 Å². The van der Waals surface area contributed by atoms with Gasteiger partial charge in [-0.05, 0) is 17.9 Å². The first kappa shape index (κ1) is 15.2. The van der Waals surface area contributed by atoms with Crippen molar-refractivity contribution >= 4 is 11.9 Å². The van der Waals surface area contributed by atoms with E-state index < -0.39 is 11.9 Å². The van der Waals surface area contributed by atoms with Gasteiger partial charge in [-0.1, -0.05) is 44.2 Å². The number of benzene rings is 1. The lowest BCUT2D eigenvalue weighted by molar-refractivity contribution is -0.151. The molecule has 0 aliphatic carbocycles. The van der Waals surface area contributed by atoms with Gasteiger partial charge < -0.3 is 10.1 Å². The number of amides is 1. The molecule has 0 heterocycles. The number of ether oxygens (including phenoxy) is 1. The Balaban J connectivity index is 2.47. The summed E-state index contributed by atoms with van der Waals surface area (Å²) in [7, 11) is 1.30. The third-order valence-corrected chi connectivity index (χ3v) is 2.96. The summed E-state index contributed by atoms with van der Waals surface area (Å²) in [5.41, 5.74) is 1.15. The zero-order valence-corrected chi connectivity index (χ0v) is 11.7. The highest BCUT2D eigenvalue weighted by Gasteiger charge is 2.30. The molecule has 0 aromatic heterocycles. The molecule has 4 heteroatoms. The molecular weight excluding hydrogens is 242 g/mol. The third-order valence-electron chi connectivity index (χ3n) is 2.96. The predicted octanol–water partition coefficient (Wildman–Crippen LogP) is 1.79. The second kappa shape index (κ2) is 7.56. The van der Waals surface area contributed by atoms with Gasteiger partial charge in [0.15, 0.2) is 0 Å². The van der Waals surface area contributed by atoms with E-state index in [1.807, 2.05) is 44.2 Å². The Bertz CT molecular complexity index is 415. The number of methoxy groups -OCH3 is 1. The van der Waals surface area contributed by atoms with Gasteiger partial charge >= 0.3 is 5.97 Å². The van der Waals surface area contributed by atoms with Gasteiger partial charge in [-0.25, -0.2) is 0 Å². The summed E-state index contributed by atoms with van der Waals surface area (Å²) in [4.78, 5) is 23.5. The standard InChI is InChI=1S/C15H21NO3/c1-11(2)13(15(18)19-3)14(17)16-10-9-12-7-5-4-6-8-12/h4-8,11,13H,9-10H2,1-3H3,(H,16,17). The van der Waals surface area contributed by atoms with E-state index in [9.17, 15) is 9.59 Å². The van der Waals surface area contributed by atoms with E-state index in [2.05, 4.69) is 10.1 Å². The second-order valence-corrected chi connectivity index (χ2v) is 4.77. The van der Waals surface area contributed by atoms with Crippen molar-refractivity contribution in [2.75, 3.05) is 13.7 Å². The van der Waals surface area contributed by atoms with Crippen molar-refractivity contribution < 1.29 is 14.3 Å². The van der Waals surface area contributed by atoms with Crippen molar-refractivity contribution in [3.63, 3.8) is 0 Å². The Morgan fingerprint density at radius 2 is 1.84 bits per heavy atom. The van der Waals surface area contributed by atoms with E-state index in [0.717, 1.165) is 12.0 Å². The summed E-state index contributed by atoms with van der Waals surface area (Å²) in [5, 5.41) is 2.79. The van der Waals surface area contributed by atoms with Crippen molar-refractivity contribution in [1.29, 1.82) is 0 Å². The largest absolute Gasteiger partial charge is 0.468 e. The second-order valence-electron chi connectivity index (χ2n) is 4.77. The molecule has 104 valence electrons. The van der Waals surface area contributed by atoms with Gasteiger partial charge in [0.2, 0.25) is 5.91 Å². The number of carbonyl (C=O) groups is 2. The van der Waals surface area contributed by atoms with Gasteiger partial charge in [-0.2, -0.15) is 0 Å². The van der Waals surface area contributed by atoms with Crippen LogP contribution in [-0.2, 0) is 20.7 Å². The molecule has 1 unspecified atom stereocenters. The number of hydrogen-bond acceptors (Lipinski definition) is 3. The van der Waals surface area contributed by atoms with Gasteiger partial charge in [0.25, 0.3) is 0 Å². The molecule has 19 heavy (non-hydrogen) atoms. The first-order chi connectivity index (χ1) is 9.06. The molecule has 1 N–H and O–H groups in total. The van der Waals surface area contributed by atoms with E-state index in [1.54, 1.807) is 0 Å². The van der Waals surface area contributed by atoms with E-state index >= 15 is 0 Å². The quantitative estimate of drug-likeness (QED) is 0.629. The zero-order chi connectivity index (χ0) is 14.3. The van der Waals surface area contributed by atoms with Crippen LogP contribution in [0.3, 0.4) is 0 Å². The molecule has 0 aliphatic rings. The third kappa shape index (κ3) is 4.73. The molecule has 1 aromatic carbocycles. The fourth-order valence-corrected chi connectivity index (χ4v) is 1.89. The van der Waals surface area contributed by atoms with E-state index in [1.165, 1.54) is 7.11 Å². The van der Waals surface area contributed by atoms with Crippen LogP contribution < -0.4 is 5.32 Å². The number of esters is 1. The lowest BCUT2D eigenvalue weighted by Crippen LogP contribution is -2.39. The van der Waals surface area contributed by atoms with Gasteiger partial charge in [-0.3, -0.25) is 9.59 Å². The maximum Gasteiger partial charge on any atom is 0.318 e. The molecule has 0 saturated carbocycles. The molecule has 0 spiro atoms. The summed E-state index contributed by atoms with van der Waals surface area (Å²) in [6.45, 7) is 4.18. The monoisotopic (exact) mass is 263 g/mol. The van der Waals surface area contributed by atoms with E-state index in [4.69, 9.17) is 0 Å². The van der Waals surface area contributed by atoms with Crippen LogP contribution in [0.1, 0.15) is 19.4 Å². The topological polar surface area (TPSA) is 55.4 Å². The lowest BCUT2D eigenvalue weighted by atomic mass is 9.95. The highest BCUT2D eigenvalue weighted by Crippen LogP contribution is 2.12. The highest BCUT2D eigenvalue weighted by atomic mass is 16.5. The summed E-state index contributed by atoms with van der Waals surface area (Å²) in [6.07, 6.45) is 0.749. The molecule has 0 radical (unpaired) electrons. The van der Waals surface area contributed by atoms with Crippen LogP contribution in [0.25, 0.3) is 0 Å². The minimum Gasteiger partial charge on any atom is -0.468 e. The number of hydrogen-bond donors (Lipinski definition) is 1. The predicted molar refractivity (Wildman–Crippen MR) is 73.5 cm³/mol. The van der Waals surface area contributed by atoms with Crippen LogP contribution in [0, 0.1) is 11.8 Å². The molecule has 0 fully saturated rings. The molecule has 0 saturated heterocycles. The van der Waals surface area contributed by atoms with Crippen LogP contribution >= 0.6 is 0 Å². The minimum atomic E-state index is -0.735. The van der Waals surface area contributed by atoms with Crippen LogP contribution in [0.4, 0.5) is 0 Å². The molecular formula is C15H21NO3. The Morgan fingerprint density at radius 1 is 1.21 bits per heavy atom. The van der Waals surface area contributed by atoms with Crippen molar-refractivity contribution in [2.24, 2.45) is 11.8 Å². The first-order valence-corrected chi connectivity index (χ1v) is 6.45. The molecule has 1 rings (SSSR count). The van der Waals surface area contributed by atoms with Crippen molar-refractivity contribution in [2.45, 2.75) is 20.3 Å². The highest BCUT2D eigenvalue weighted by molar-refractivity contribution is 5.97. The smallest absolute Gasteiger partial charge is 0.318 e. The summed E-state index contributed by atoms with van der Waals surface area (Å²) >= 11 is 0. The Labute approximate surface area is 114 Å².